The van der Waals surface area contributed by atoms with Crippen LogP contribution in [0.2, 0.25) is 0 Å². The second kappa shape index (κ2) is 11.4. The number of rotatable bonds is 9. The summed E-state index contributed by atoms with van der Waals surface area (Å²) in [6, 6.07) is 20.1. The third-order valence-corrected chi connectivity index (χ3v) is 6.62. The lowest BCUT2D eigenvalue weighted by atomic mass is 10.1. The summed E-state index contributed by atoms with van der Waals surface area (Å²) in [6.45, 7) is 4.66. The molecule has 39 heavy (non-hydrogen) atoms. The van der Waals surface area contributed by atoms with E-state index in [-0.39, 0.29) is 17.3 Å². The average molecular weight is 525 g/mol. The van der Waals surface area contributed by atoms with Crippen LogP contribution in [0.5, 0.6) is 17.2 Å². The van der Waals surface area contributed by atoms with E-state index >= 15 is 0 Å². The number of fused-ring (bicyclic) bond motifs is 1. The zero-order valence-corrected chi connectivity index (χ0v) is 22.4. The van der Waals surface area contributed by atoms with E-state index in [1.54, 1.807) is 55.6 Å². The topological polar surface area (TPSA) is 94.5 Å². The molecule has 0 spiro atoms. The van der Waals surface area contributed by atoms with E-state index < -0.39 is 5.56 Å². The second-order valence-electron chi connectivity index (χ2n) is 9.99. The standard InChI is InChI=1S/C31H32N4O4/c1-20(2)18-32-30(36)23-8-5-9-24(16-23)34-29-28(39-27-13-10-21-6-4-7-22(21)17-27)19-33-35(31(29)37)25-11-14-26(38-3)15-12-25/h5,8-17,19-20,34H,4,6-7,18H2,1-3H3,(H,32,36). The average Bonchev–Trinajstić information content (AvgIpc) is 3.42. The van der Waals surface area contributed by atoms with Gasteiger partial charge in [0.15, 0.2) is 11.4 Å². The summed E-state index contributed by atoms with van der Waals surface area (Å²) in [5.41, 5.74) is 4.06. The number of carbonyl (C=O) groups excluding carboxylic acids is 1. The van der Waals surface area contributed by atoms with E-state index in [0.717, 1.165) is 19.3 Å². The van der Waals surface area contributed by atoms with Crippen LogP contribution in [0.4, 0.5) is 11.4 Å². The molecule has 0 atom stereocenters. The molecule has 0 bridgehead atoms. The van der Waals surface area contributed by atoms with Crippen LogP contribution in [0.3, 0.4) is 0 Å². The zero-order valence-electron chi connectivity index (χ0n) is 22.4. The molecular formula is C31H32N4O4. The molecule has 8 heteroatoms. The number of hydrogen-bond acceptors (Lipinski definition) is 6. The van der Waals surface area contributed by atoms with Crippen LogP contribution in [0.1, 0.15) is 41.8 Å². The van der Waals surface area contributed by atoms with Gasteiger partial charge < -0.3 is 20.1 Å². The highest BCUT2D eigenvalue weighted by Crippen LogP contribution is 2.32. The van der Waals surface area contributed by atoms with Crippen LogP contribution in [-0.2, 0) is 12.8 Å². The minimum absolute atomic E-state index is 0.174. The smallest absolute Gasteiger partial charge is 0.299 e. The quantitative estimate of drug-likeness (QED) is 0.294. The van der Waals surface area contributed by atoms with Gasteiger partial charge in [0, 0.05) is 17.8 Å². The maximum absolute atomic E-state index is 13.8. The van der Waals surface area contributed by atoms with Crippen LogP contribution in [0.15, 0.2) is 77.7 Å². The highest BCUT2D eigenvalue weighted by Gasteiger charge is 2.18. The molecule has 4 aromatic rings. The molecule has 200 valence electrons. The Morgan fingerprint density at radius 2 is 1.77 bits per heavy atom. The minimum Gasteiger partial charge on any atom is -0.497 e. The number of ether oxygens (including phenoxy) is 2. The van der Waals surface area contributed by atoms with Crippen LogP contribution < -0.4 is 25.7 Å². The number of nitrogens with one attached hydrogen (secondary N) is 2. The van der Waals surface area contributed by atoms with Gasteiger partial charge in [-0.3, -0.25) is 9.59 Å². The van der Waals surface area contributed by atoms with Crippen molar-refractivity contribution < 1.29 is 14.3 Å². The van der Waals surface area contributed by atoms with E-state index in [0.29, 0.717) is 40.9 Å². The minimum atomic E-state index is -0.395. The number of nitrogens with zero attached hydrogens (tertiary/aromatic N) is 2. The van der Waals surface area contributed by atoms with Gasteiger partial charge in [0.25, 0.3) is 11.5 Å². The third-order valence-electron chi connectivity index (χ3n) is 6.62. The van der Waals surface area contributed by atoms with Crippen LogP contribution in [0.25, 0.3) is 5.69 Å². The zero-order chi connectivity index (χ0) is 27.4. The van der Waals surface area contributed by atoms with Gasteiger partial charge in [-0.1, -0.05) is 26.0 Å². The monoisotopic (exact) mass is 524 g/mol. The van der Waals surface area contributed by atoms with E-state index in [9.17, 15) is 9.59 Å². The fourth-order valence-corrected chi connectivity index (χ4v) is 4.56. The van der Waals surface area contributed by atoms with Gasteiger partial charge in [-0.15, -0.1) is 0 Å². The second-order valence-corrected chi connectivity index (χ2v) is 9.99. The molecule has 0 unspecified atom stereocenters. The van der Waals surface area contributed by atoms with Gasteiger partial charge >= 0.3 is 0 Å². The third kappa shape index (κ3) is 5.95. The normalized spacial score (nSPS) is 12.2. The van der Waals surface area contributed by atoms with Crippen LogP contribution >= 0.6 is 0 Å². The first-order valence-electron chi connectivity index (χ1n) is 13.1. The SMILES string of the molecule is COc1ccc(-n2ncc(Oc3ccc4c(c3)CCC4)c(Nc3cccc(C(=O)NCC(C)C)c3)c2=O)cc1. The molecule has 0 fully saturated rings. The lowest BCUT2D eigenvalue weighted by molar-refractivity contribution is 0.0949. The molecule has 0 saturated carbocycles. The highest BCUT2D eigenvalue weighted by atomic mass is 16.5. The highest BCUT2D eigenvalue weighted by molar-refractivity contribution is 5.95. The van der Waals surface area contributed by atoms with Crippen molar-refractivity contribution in [2.24, 2.45) is 5.92 Å². The fraction of sp³-hybridized carbons (Fsp3) is 0.258. The van der Waals surface area contributed by atoms with Gasteiger partial charge in [-0.2, -0.15) is 9.78 Å². The van der Waals surface area contributed by atoms with Crippen molar-refractivity contribution in [3.8, 4) is 22.9 Å². The first-order valence-corrected chi connectivity index (χ1v) is 13.1. The van der Waals surface area contributed by atoms with Gasteiger partial charge in [0.05, 0.1) is 19.0 Å². The number of amides is 1. The molecule has 5 rings (SSSR count). The predicted octanol–water partition coefficient (Wildman–Crippen LogP) is 5.65. The Kier molecular flexibility index (Phi) is 7.63. The molecule has 1 heterocycles. The van der Waals surface area contributed by atoms with E-state index in [2.05, 4.69) is 21.8 Å². The molecule has 0 aliphatic heterocycles. The molecular weight excluding hydrogens is 492 g/mol. The van der Waals surface area contributed by atoms with E-state index in [1.807, 2.05) is 26.0 Å². The lowest BCUT2D eigenvalue weighted by Gasteiger charge is -2.16. The Balaban J connectivity index is 1.51. The summed E-state index contributed by atoms with van der Waals surface area (Å²) in [6.07, 6.45) is 4.75. The number of methoxy groups -OCH3 is 1. The predicted molar refractivity (Wildman–Crippen MR) is 152 cm³/mol. The van der Waals surface area contributed by atoms with Crippen molar-refractivity contribution in [1.82, 2.24) is 15.1 Å². The molecule has 8 nitrogen and oxygen atoms in total. The van der Waals surface area contributed by atoms with Crippen LogP contribution in [-0.4, -0.2) is 29.3 Å². The summed E-state index contributed by atoms with van der Waals surface area (Å²) in [5, 5.41) is 10.5. The van der Waals surface area contributed by atoms with Crippen molar-refractivity contribution >= 4 is 17.3 Å². The maximum Gasteiger partial charge on any atom is 0.299 e. The van der Waals surface area contributed by atoms with Crippen molar-refractivity contribution in [2.45, 2.75) is 33.1 Å². The first-order chi connectivity index (χ1) is 18.9. The van der Waals surface area contributed by atoms with Crippen molar-refractivity contribution in [2.75, 3.05) is 19.0 Å². The van der Waals surface area contributed by atoms with Gasteiger partial charge in [-0.25, -0.2) is 0 Å². The Labute approximate surface area is 227 Å². The van der Waals surface area contributed by atoms with E-state index in [1.165, 1.54) is 22.0 Å². The Morgan fingerprint density at radius 3 is 2.54 bits per heavy atom. The molecule has 1 aromatic heterocycles. The van der Waals surface area contributed by atoms with Gasteiger partial charge in [0.1, 0.15) is 11.5 Å². The fourth-order valence-electron chi connectivity index (χ4n) is 4.56. The molecule has 0 radical (unpaired) electrons. The molecule has 3 aromatic carbocycles. The number of aromatic nitrogens is 2. The van der Waals surface area contributed by atoms with Crippen molar-refractivity contribution in [1.29, 1.82) is 0 Å². The van der Waals surface area contributed by atoms with Gasteiger partial charge in [-0.05, 0) is 90.9 Å². The van der Waals surface area contributed by atoms with Crippen molar-refractivity contribution in [3.05, 3.63) is 100.0 Å². The van der Waals surface area contributed by atoms with E-state index in [4.69, 9.17) is 9.47 Å². The summed E-state index contributed by atoms with van der Waals surface area (Å²) < 4.78 is 12.8. The number of aryl methyl sites for hydroxylation is 2. The summed E-state index contributed by atoms with van der Waals surface area (Å²) in [4.78, 5) is 26.4. The lowest BCUT2D eigenvalue weighted by Crippen LogP contribution is -2.27. The molecule has 1 aliphatic rings. The summed E-state index contributed by atoms with van der Waals surface area (Å²) >= 11 is 0. The largest absolute Gasteiger partial charge is 0.497 e. The summed E-state index contributed by atoms with van der Waals surface area (Å²) in [5.74, 6) is 1.77. The van der Waals surface area contributed by atoms with Crippen molar-refractivity contribution in [3.63, 3.8) is 0 Å². The maximum atomic E-state index is 13.8. The molecule has 0 saturated heterocycles. The Bertz CT molecular complexity index is 1540. The molecule has 1 aliphatic carbocycles. The molecule has 2 N–H and O–H groups in total. The molecule has 1 amide bonds. The number of carbonyl (C=O) groups is 1. The summed E-state index contributed by atoms with van der Waals surface area (Å²) in [7, 11) is 1.59. The van der Waals surface area contributed by atoms with Gasteiger partial charge in [0.2, 0.25) is 0 Å². The number of anilines is 2. The Morgan fingerprint density at radius 1 is 1.00 bits per heavy atom. The number of benzene rings is 3. The first kappa shape index (κ1) is 26.0. The Hall–Kier alpha value is -4.59. The number of hydrogen-bond donors (Lipinski definition) is 2. The van der Waals surface area contributed by atoms with Crippen LogP contribution in [0, 0.1) is 5.92 Å².